The fraction of sp³-hybridized carbons (Fsp3) is 0.919. The monoisotopic (exact) mass is 594 g/mol. The molecule has 0 radical (unpaired) electrons. The van der Waals surface area contributed by atoms with Gasteiger partial charge in [0.05, 0.1) is 46.3 Å². The lowest BCUT2D eigenvalue weighted by atomic mass is 9.77. The number of esters is 1. The van der Waals surface area contributed by atoms with E-state index in [1.165, 1.54) is 127 Å². The molecule has 1 heterocycles. The van der Waals surface area contributed by atoms with Gasteiger partial charge in [0.25, 0.3) is 0 Å². The number of unbranched alkanes of at least 4 members (excludes halogenated alkanes) is 11. The Balaban J connectivity index is 2.82. The molecule has 1 N–H and O–H groups in total. The smallest absolute Gasteiger partial charge is 0.333 e. The van der Waals surface area contributed by atoms with Gasteiger partial charge >= 0.3 is 5.97 Å². The first-order chi connectivity index (χ1) is 19.7. The Bertz CT molecular complexity index is 744. The summed E-state index contributed by atoms with van der Waals surface area (Å²) < 4.78 is 7.62. The van der Waals surface area contributed by atoms with Gasteiger partial charge in [-0.3, -0.25) is 0 Å². The minimum Gasteiger partial charge on any atom is -0.456 e. The molecule has 1 aliphatic rings. The van der Waals surface area contributed by atoms with E-state index >= 15 is 0 Å². The lowest BCUT2D eigenvalue weighted by Crippen LogP contribution is -2.68. The molecular formula is C37H75N3O2+2. The third kappa shape index (κ3) is 16.2. The van der Waals surface area contributed by atoms with Crippen molar-refractivity contribution in [2.45, 2.75) is 168 Å². The van der Waals surface area contributed by atoms with Crippen LogP contribution >= 0.6 is 0 Å². The van der Waals surface area contributed by atoms with Gasteiger partial charge in [0.1, 0.15) is 13.2 Å². The summed E-state index contributed by atoms with van der Waals surface area (Å²) in [5.41, 5.74) is 0.841. The molecule has 0 spiro atoms. The molecule has 0 saturated carbocycles. The number of ether oxygens (including phenoxy) is 1. The molecule has 0 bridgehead atoms. The van der Waals surface area contributed by atoms with Gasteiger partial charge in [-0.25, -0.2) is 4.79 Å². The Morgan fingerprint density at radius 1 is 0.714 bits per heavy atom. The predicted molar refractivity (Wildman–Crippen MR) is 183 cm³/mol. The number of rotatable bonds is 24. The van der Waals surface area contributed by atoms with Crippen molar-refractivity contribution < 1.29 is 18.5 Å². The van der Waals surface area contributed by atoms with Gasteiger partial charge in [-0.15, -0.1) is 0 Å². The molecule has 5 nitrogen and oxygen atoms in total. The number of likely N-dealkylation sites (N-methyl/N-ethyl adjacent to an activating group) is 1. The van der Waals surface area contributed by atoms with Crippen LogP contribution in [0.5, 0.6) is 0 Å². The number of carbonyl (C=O) groups excluding carboxylic acids is 1. The van der Waals surface area contributed by atoms with Gasteiger partial charge in [-0.1, -0.05) is 78.2 Å². The van der Waals surface area contributed by atoms with Gasteiger partial charge < -0.3 is 19.0 Å². The lowest BCUT2D eigenvalue weighted by Gasteiger charge is -2.54. The van der Waals surface area contributed by atoms with E-state index in [0.717, 1.165) is 23.6 Å². The van der Waals surface area contributed by atoms with E-state index in [2.05, 4.69) is 67.5 Å². The summed E-state index contributed by atoms with van der Waals surface area (Å²) in [7, 11) is 4.55. The second-order valence-corrected chi connectivity index (χ2v) is 15.9. The fourth-order valence-corrected chi connectivity index (χ4v) is 7.51. The summed E-state index contributed by atoms with van der Waals surface area (Å²) in [5, 5.41) is 3.97. The van der Waals surface area contributed by atoms with Crippen LogP contribution in [0, 0.1) is 0 Å². The van der Waals surface area contributed by atoms with E-state index in [-0.39, 0.29) is 17.0 Å². The van der Waals surface area contributed by atoms with Crippen molar-refractivity contribution in [3.63, 3.8) is 0 Å². The largest absolute Gasteiger partial charge is 0.456 e. The van der Waals surface area contributed by atoms with Crippen LogP contribution in [0.4, 0.5) is 0 Å². The van der Waals surface area contributed by atoms with Crippen LogP contribution in [0.1, 0.15) is 151 Å². The molecule has 42 heavy (non-hydrogen) atoms. The van der Waals surface area contributed by atoms with E-state index in [4.69, 9.17) is 4.74 Å². The molecular weight excluding hydrogens is 518 g/mol. The normalized spacial score (nSPS) is 18.5. The van der Waals surface area contributed by atoms with Crippen LogP contribution in [0.2, 0.25) is 0 Å². The molecule has 1 saturated heterocycles. The summed E-state index contributed by atoms with van der Waals surface area (Å²) in [4.78, 5) is 11.8. The molecule has 1 aliphatic heterocycles. The number of carbonyl (C=O) groups is 1. The maximum atomic E-state index is 11.8. The van der Waals surface area contributed by atoms with Crippen LogP contribution in [0.3, 0.4) is 0 Å². The van der Waals surface area contributed by atoms with E-state index in [1.54, 1.807) is 6.92 Å². The Kier molecular flexibility index (Phi) is 18.1. The van der Waals surface area contributed by atoms with E-state index in [0.29, 0.717) is 12.2 Å². The van der Waals surface area contributed by atoms with E-state index < -0.39 is 0 Å². The molecule has 5 heteroatoms. The Morgan fingerprint density at radius 3 is 1.64 bits per heavy atom. The highest BCUT2D eigenvalue weighted by molar-refractivity contribution is 5.86. The van der Waals surface area contributed by atoms with Crippen molar-refractivity contribution >= 4 is 5.97 Å². The quantitative estimate of drug-likeness (QED) is 0.0526. The van der Waals surface area contributed by atoms with Gasteiger partial charge in [0, 0.05) is 42.3 Å². The van der Waals surface area contributed by atoms with Crippen molar-refractivity contribution in [2.75, 3.05) is 53.4 Å². The first kappa shape index (κ1) is 39.1. The van der Waals surface area contributed by atoms with Crippen LogP contribution < -0.4 is 5.32 Å². The number of hydrogen-bond donors (Lipinski definition) is 1. The first-order valence-electron chi connectivity index (χ1n) is 18.0. The lowest BCUT2D eigenvalue weighted by molar-refractivity contribution is -0.954. The van der Waals surface area contributed by atoms with Crippen molar-refractivity contribution in [1.82, 2.24) is 5.32 Å². The molecule has 0 aromatic carbocycles. The zero-order valence-electron chi connectivity index (χ0n) is 30.1. The highest BCUT2D eigenvalue weighted by atomic mass is 16.5. The Morgan fingerprint density at radius 2 is 1.14 bits per heavy atom. The molecule has 1 fully saturated rings. The summed E-state index contributed by atoms with van der Waals surface area (Å²) in [6.45, 7) is 26.2. The fourth-order valence-electron chi connectivity index (χ4n) is 7.51. The first-order valence-corrected chi connectivity index (χ1v) is 18.0. The zero-order chi connectivity index (χ0) is 31.7. The number of nitrogens with zero attached hydrogens (tertiary/aromatic N) is 2. The number of hydrogen-bond acceptors (Lipinski definition) is 3. The predicted octanol–water partition coefficient (Wildman–Crippen LogP) is 8.81. The van der Waals surface area contributed by atoms with Crippen molar-refractivity contribution in [2.24, 2.45) is 0 Å². The zero-order valence-corrected chi connectivity index (χ0v) is 30.1. The number of piperidine rings is 1. The molecule has 0 aromatic heterocycles. The Hall–Kier alpha value is -0.910. The van der Waals surface area contributed by atoms with E-state index in [1.807, 2.05) is 0 Å². The third-order valence-electron chi connectivity index (χ3n) is 9.75. The number of nitrogens with one attached hydrogen (secondary N) is 1. The summed E-state index contributed by atoms with van der Waals surface area (Å²) >= 11 is 0. The molecule has 0 aromatic rings. The third-order valence-corrected chi connectivity index (χ3v) is 9.75. The van der Waals surface area contributed by atoms with Gasteiger partial charge in [0.15, 0.2) is 0 Å². The Labute approximate surface area is 263 Å². The topological polar surface area (TPSA) is 38.3 Å². The van der Waals surface area contributed by atoms with Gasteiger partial charge in [-0.2, -0.15) is 0 Å². The summed E-state index contributed by atoms with van der Waals surface area (Å²) in [6, 6.07) is 0.727. The molecule has 0 aliphatic carbocycles. The standard InChI is InChI=1S/C37H75N3O2/c1-11-13-15-16-17-18-19-20-21-22-27-40(26-14-12-2,34-31-36(5,6)38-37(7,8)32-34)28-24-23-25-39(9,10)29-30-42-35(41)33(3)4/h34,38H,3,11-32H2,1-2,4-10H3/q+2. The van der Waals surface area contributed by atoms with E-state index in [9.17, 15) is 4.79 Å². The minimum atomic E-state index is -0.271. The van der Waals surface area contributed by atoms with Crippen LogP contribution in [-0.2, 0) is 9.53 Å². The molecule has 1 unspecified atom stereocenters. The maximum Gasteiger partial charge on any atom is 0.333 e. The summed E-state index contributed by atoms with van der Waals surface area (Å²) in [5.74, 6) is -0.271. The molecule has 1 rings (SSSR count). The average Bonchev–Trinajstić information content (AvgIpc) is 2.88. The van der Waals surface area contributed by atoms with Crippen LogP contribution in [0.15, 0.2) is 12.2 Å². The maximum absolute atomic E-state index is 11.8. The average molecular weight is 594 g/mol. The SMILES string of the molecule is C=C(C)C(=O)OCC[N+](C)(C)CCCC[N+](CCCC)(CCCCCCCCCCCC)C1CC(C)(C)NC(C)(C)C1. The second-order valence-electron chi connectivity index (χ2n) is 15.9. The second kappa shape index (κ2) is 19.5. The minimum absolute atomic E-state index is 0.181. The van der Waals surface area contributed by atoms with Gasteiger partial charge in [-0.05, 0) is 53.9 Å². The molecule has 248 valence electrons. The highest BCUT2D eigenvalue weighted by Crippen LogP contribution is 2.36. The highest BCUT2D eigenvalue weighted by Gasteiger charge is 2.47. The number of quaternary nitrogens is 2. The van der Waals surface area contributed by atoms with Gasteiger partial charge in [0.2, 0.25) is 0 Å². The van der Waals surface area contributed by atoms with Crippen molar-refractivity contribution in [3.8, 4) is 0 Å². The van der Waals surface area contributed by atoms with Crippen LogP contribution in [-0.4, -0.2) is 85.5 Å². The van der Waals surface area contributed by atoms with Crippen LogP contribution in [0.25, 0.3) is 0 Å². The molecule has 0 amide bonds. The van der Waals surface area contributed by atoms with Crippen molar-refractivity contribution in [3.05, 3.63) is 12.2 Å². The molecule has 1 atom stereocenters. The van der Waals surface area contributed by atoms with Crippen molar-refractivity contribution in [1.29, 1.82) is 0 Å². The summed E-state index contributed by atoms with van der Waals surface area (Å²) in [6.07, 6.45) is 21.7.